The van der Waals surface area contributed by atoms with Crippen molar-refractivity contribution in [1.82, 2.24) is 4.98 Å². The third kappa shape index (κ3) is 1.74. The maximum atomic E-state index is 12.2. The van der Waals surface area contributed by atoms with Gasteiger partial charge < -0.3 is 15.6 Å². The molecule has 1 aliphatic heterocycles. The lowest BCUT2D eigenvalue weighted by Crippen LogP contribution is -2.34. The van der Waals surface area contributed by atoms with E-state index in [1.165, 1.54) is 6.42 Å². The fourth-order valence-electron chi connectivity index (χ4n) is 2.69. The molecule has 2 heterocycles. The molecule has 0 bridgehead atoms. The number of nitrogens with zero attached hydrogens (tertiary/aromatic N) is 1. The Labute approximate surface area is 105 Å². The highest BCUT2D eigenvalue weighted by Crippen LogP contribution is 2.28. The second-order valence-corrected chi connectivity index (χ2v) is 4.81. The minimum Gasteiger partial charge on any atom is -0.396 e. The van der Waals surface area contributed by atoms with Gasteiger partial charge in [0, 0.05) is 18.5 Å². The van der Waals surface area contributed by atoms with Crippen molar-refractivity contribution >= 4 is 22.3 Å². The van der Waals surface area contributed by atoms with Crippen molar-refractivity contribution < 1.29 is 0 Å². The third-order valence-corrected chi connectivity index (χ3v) is 3.61. The topological polar surface area (TPSA) is 62.1 Å². The number of nitrogens with one attached hydrogen (secondary N) is 1. The predicted molar refractivity (Wildman–Crippen MR) is 75.0 cm³/mol. The van der Waals surface area contributed by atoms with Gasteiger partial charge in [-0.1, -0.05) is 18.2 Å². The highest BCUT2D eigenvalue weighted by Gasteiger charge is 2.18. The maximum absolute atomic E-state index is 12.2. The smallest absolute Gasteiger partial charge is 0.274 e. The zero-order valence-corrected chi connectivity index (χ0v) is 10.3. The summed E-state index contributed by atoms with van der Waals surface area (Å²) in [6.07, 6.45) is 3.50. The van der Waals surface area contributed by atoms with Crippen molar-refractivity contribution in [2.45, 2.75) is 19.3 Å². The minimum atomic E-state index is -0.0758. The second-order valence-electron chi connectivity index (χ2n) is 4.81. The Balaban J connectivity index is 2.19. The van der Waals surface area contributed by atoms with Gasteiger partial charge in [-0.2, -0.15) is 0 Å². The molecule has 4 nitrogen and oxygen atoms in total. The van der Waals surface area contributed by atoms with Crippen molar-refractivity contribution in [3.8, 4) is 0 Å². The molecule has 3 rings (SSSR count). The Hall–Kier alpha value is -1.97. The summed E-state index contributed by atoms with van der Waals surface area (Å²) in [4.78, 5) is 17.2. The Bertz CT molecular complexity index is 626. The number of pyridine rings is 1. The van der Waals surface area contributed by atoms with Crippen molar-refractivity contribution in [2.75, 3.05) is 23.7 Å². The number of aromatic amines is 1. The van der Waals surface area contributed by atoms with E-state index in [2.05, 4.69) is 9.88 Å². The van der Waals surface area contributed by atoms with Crippen LogP contribution in [-0.2, 0) is 0 Å². The normalized spacial score (nSPS) is 16.1. The summed E-state index contributed by atoms with van der Waals surface area (Å²) in [5.41, 5.74) is 8.17. The number of hydrogen-bond acceptors (Lipinski definition) is 3. The molecular formula is C14H17N3O. The first-order valence-electron chi connectivity index (χ1n) is 6.43. The molecule has 0 aliphatic carbocycles. The van der Waals surface area contributed by atoms with Crippen LogP contribution in [0.4, 0.5) is 11.4 Å². The van der Waals surface area contributed by atoms with Gasteiger partial charge in [0.1, 0.15) is 5.69 Å². The summed E-state index contributed by atoms with van der Waals surface area (Å²) in [7, 11) is 0. The SMILES string of the molecule is Nc1c(N2CCCCC2)c(=O)[nH]c2ccccc12. The van der Waals surface area contributed by atoms with E-state index in [-0.39, 0.29) is 5.56 Å². The average Bonchev–Trinajstić information content (AvgIpc) is 2.40. The van der Waals surface area contributed by atoms with Gasteiger partial charge in [-0.3, -0.25) is 4.79 Å². The first kappa shape index (κ1) is 11.1. The van der Waals surface area contributed by atoms with Crippen LogP contribution in [0, 0.1) is 0 Å². The summed E-state index contributed by atoms with van der Waals surface area (Å²) >= 11 is 0. The van der Waals surface area contributed by atoms with Gasteiger partial charge in [0.2, 0.25) is 0 Å². The molecule has 1 aliphatic rings. The van der Waals surface area contributed by atoms with Crippen LogP contribution >= 0.6 is 0 Å². The first-order valence-corrected chi connectivity index (χ1v) is 6.43. The monoisotopic (exact) mass is 243 g/mol. The minimum absolute atomic E-state index is 0.0758. The van der Waals surface area contributed by atoms with E-state index in [9.17, 15) is 4.79 Å². The van der Waals surface area contributed by atoms with E-state index in [0.29, 0.717) is 11.4 Å². The molecule has 4 heteroatoms. The van der Waals surface area contributed by atoms with E-state index in [1.807, 2.05) is 24.3 Å². The van der Waals surface area contributed by atoms with E-state index in [0.717, 1.165) is 36.8 Å². The largest absolute Gasteiger partial charge is 0.396 e. The van der Waals surface area contributed by atoms with Crippen LogP contribution in [0.25, 0.3) is 10.9 Å². The van der Waals surface area contributed by atoms with Gasteiger partial charge in [-0.05, 0) is 25.3 Å². The molecule has 2 aromatic rings. The van der Waals surface area contributed by atoms with Crippen LogP contribution in [0.2, 0.25) is 0 Å². The summed E-state index contributed by atoms with van der Waals surface area (Å²) in [6.45, 7) is 1.84. The number of rotatable bonds is 1. The van der Waals surface area contributed by atoms with Crippen LogP contribution in [0.1, 0.15) is 19.3 Å². The summed E-state index contributed by atoms with van der Waals surface area (Å²) in [6, 6.07) is 7.68. The lowest BCUT2D eigenvalue weighted by Gasteiger charge is -2.29. The molecule has 0 spiro atoms. The Kier molecular flexibility index (Phi) is 2.70. The fourth-order valence-corrected chi connectivity index (χ4v) is 2.69. The molecule has 0 radical (unpaired) electrons. The van der Waals surface area contributed by atoms with Crippen LogP contribution in [0.5, 0.6) is 0 Å². The number of aromatic nitrogens is 1. The van der Waals surface area contributed by atoms with Gasteiger partial charge in [-0.25, -0.2) is 0 Å². The fraction of sp³-hybridized carbons (Fsp3) is 0.357. The van der Waals surface area contributed by atoms with Gasteiger partial charge in [0.25, 0.3) is 5.56 Å². The number of piperidine rings is 1. The standard InChI is InChI=1S/C14H17N3O/c15-12-10-6-2-3-7-11(10)16-14(18)13(12)17-8-4-1-5-9-17/h2-3,6-7H,1,4-5,8-9H2,(H3,15,16,18). The van der Waals surface area contributed by atoms with E-state index < -0.39 is 0 Å². The maximum Gasteiger partial charge on any atom is 0.274 e. The number of hydrogen-bond donors (Lipinski definition) is 2. The predicted octanol–water partition coefficient (Wildman–Crippen LogP) is 2.10. The number of nitrogens with two attached hydrogens (primary N) is 1. The molecule has 1 fully saturated rings. The molecular weight excluding hydrogens is 226 g/mol. The molecule has 0 amide bonds. The highest BCUT2D eigenvalue weighted by molar-refractivity contribution is 5.96. The van der Waals surface area contributed by atoms with Crippen molar-refractivity contribution in [2.24, 2.45) is 0 Å². The van der Waals surface area contributed by atoms with Crippen molar-refractivity contribution in [1.29, 1.82) is 0 Å². The molecule has 18 heavy (non-hydrogen) atoms. The first-order chi connectivity index (χ1) is 8.77. The third-order valence-electron chi connectivity index (χ3n) is 3.61. The zero-order chi connectivity index (χ0) is 12.5. The molecule has 1 saturated heterocycles. The highest BCUT2D eigenvalue weighted by atomic mass is 16.1. The van der Waals surface area contributed by atoms with Crippen LogP contribution in [0.3, 0.4) is 0 Å². The number of H-pyrrole nitrogens is 1. The van der Waals surface area contributed by atoms with Gasteiger partial charge >= 0.3 is 0 Å². The number of nitrogen functional groups attached to an aromatic ring is 1. The van der Waals surface area contributed by atoms with Crippen LogP contribution in [0.15, 0.2) is 29.1 Å². The van der Waals surface area contributed by atoms with E-state index in [1.54, 1.807) is 0 Å². The Morgan fingerprint density at radius 2 is 1.83 bits per heavy atom. The molecule has 1 aromatic carbocycles. The average molecular weight is 243 g/mol. The van der Waals surface area contributed by atoms with Crippen molar-refractivity contribution in [3.05, 3.63) is 34.6 Å². The van der Waals surface area contributed by atoms with Gasteiger partial charge in [0.05, 0.1) is 11.2 Å². The zero-order valence-electron chi connectivity index (χ0n) is 10.3. The molecule has 94 valence electrons. The lowest BCUT2D eigenvalue weighted by molar-refractivity contribution is 0.577. The van der Waals surface area contributed by atoms with Crippen molar-refractivity contribution in [3.63, 3.8) is 0 Å². The summed E-state index contributed by atoms with van der Waals surface area (Å²) in [5, 5.41) is 0.928. The summed E-state index contributed by atoms with van der Waals surface area (Å²) < 4.78 is 0. The molecule has 0 saturated carbocycles. The number of para-hydroxylation sites is 1. The molecule has 3 N–H and O–H groups in total. The second kappa shape index (κ2) is 4.37. The molecule has 0 atom stereocenters. The van der Waals surface area contributed by atoms with E-state index >= 15 is 0 Å². The van der Waals surface area contributed by atoms with Gasteiger partial charge in [-0.15, -0.1) is 0 Å². The van der Waals surface area contributed by atoms with Crippen LogP contribution < -0.4 is 16.2 Å². The quantitative estimate of drug-likeness (QED) is 0.806. The lowest BCUT2D eigenvalue weighted by atomic mass is 10.1. The number of anilines is 2. The van der Waals surface area contributed by atoms with Gasteiger partial charge in [0.15, 0.2) is 0 Å². The Morgan fingerprint density at radius 3 is 2.61 bits per heavy atom. The summed E-state index contributed by atoms with van der Waals surface area (Å²) in [5.74, 6) is 0. The number of fused-ring (bicyclic) bond motifs is 1. The molecule has 1 aromatic heterocycles. The number of benzene rings is 1. The van der Waals surface area contributed by atoms with E-state index in [4.69, 9.17) is 5.73 Å². The molecule has 0 unspecified atom stereocenters. The Morgan fingerprint density at radius 1 is 1.11 bits per heavy atom. The van der Waals surface area contributed by atoms with Crippen LogP contribution in [-0.4, -0.2) is 18.1 Å².